The van der Waals surface area contributed by atoms with Gasteiger partial charge < -0.3 is 4.90 Å². The summed E-state index contributed by atoms with van der Waals surface area (Å²) >= 11 is 3.54. The molecular formula is C25H37BrF4N2. The van der Waals surface area contributed by atoms with E-state index in [0.29, 0.717) is 18.4 Å². The number of nitrogens with zero attached hydrogens (tertiary/aromatic N) is 2. The number of piperidine rings is 1. The molecule has 0 spiro atoms. The van der Waals surface area contributed by atoms with Crippen LogP contribution in [0, 0.1) is 17.7 Å². The van der Waals surface area contributed by atoms with Crippen molar-refractivity contribution < 1.29 is 17.6 Å². The third kappa shape index (κ3) is 8.28. The van der Waals surface area contributed by atoms with E-state index in [4.69, 9.17) is 0 Å². The fraction of sp³-hybridized carbons (Fsp3) is 0.760. The molecule has 1 aliphatic heterocycles. The molecule has 1 aromatic rings. The number of halogens is 5. The van der Waals surface area contributed by atoms with Gasteiger partial charge in [0.15, 0.2) is 0 Å². The zero-order chi connectivity index (χ0) is 23.1. The molecule has 0 unspecified atom stereocenters. The Hall–Kier alpha value is -0.660. The summed E-state index contributed by atoms with van der Waals surface area (Å²) in [5.41, 5.74) is 1.07. The first-order valence-electron chi connectivity index (χ1n) is 12.2. The fourth-order valence-corrected chi connectivity index (χ4v) is 5.97. The van der Waals surface area contributed by atoms with Crippen molar-refractivity contribution in [3.05, 3.63) is 34.1 Å². The van der Waals surface area contributed by atoms with Crippen molar-refractivity contribution in [1.82, 2.24) is 9.80 Å². The van der Waals surface area contributed by atoms with Crippen LogP contribution in [0.1, 0.15) is 63.9 Å². The molecule has 2 fully saturated rings. The predicted molar refractivity (Wildman–Crippen MR) is 125 cm³/mol. The van der Waals surface area contributed by atoms with Crippen LogP contribution in [0.25, 0.3) is 0 Å². The largest absolute Gasteiger partial charge is 0.401 e. The lowest BCUT2D eigenvalue weighted by molar-refractivity contribution is -0.152. The van der Waals surface area contributed by atoms with Crippen molar-refractivity contribution in [3.63, 3.8) is 0 Å². The van der Waals surface area contributed by atoms with Crippen molar-refractivity contribution in [2.75, 3.05) is 32.7 Å². The highest BCUT2D eigenvalue weighted by molar-refractivity contribution is 9.10. The fourth-order valence-electron chi connectivity index (χ4n) is 5.56. The molecule has 2 aliphatic rings. The highest BCUT2D eigenvalue weighted by atomic mass is 79.9. The van der Waals surface area contributed by atoms with E-state index >= 15 is 0 Å². The van der Waals surface area contributed by atoms with Gasteiger partial charge in [-0.2, -0.15) is 13.2 Å². The van der Waals surface area contributed by atoms with E-state index in [-0.39, 0.29) is 11.9 Å². The first kappa shape index (κ1) is 26.0. The molecule has 7 heteroatoms. The van der Waals surface area contributed by atoms with Crippen LogP contribution in [0.15, 0.2) is 22.7 Å². The Morgan fingerprint density at radius 1 is 1.03 bits per heavy atom. The third-order valence-corrected chi connectivity index (χ3v) is 8.21. The zero-order valence-corrected chi connectivity index (χ0v) is 20.7. The number of hydrogen-bond donors (Lipinski definition) is 0. The summed E-state index contributed by atoms with van der Waals surface area (Å²) in [4.78, 5) is 4.16. The van der Waals surface area contributed by atoms with Crippen molar-refractivity contribution in [3.8, 4) is 0 Å². The van der Waals surface area contributed by atoms with Crippen molar-refractivity contribution in [2.24, 2.45) is 11.8 Å². The topological polar surface area (TPSA) is 6.48 Å². The Balaban J connectivity index is 1.30. The number of alkyl halides is 3. The normalized spacial score (nSPS) is 23.7. The summed E-state index contributed by atoms with van der Waals surface area (Å²) in [5, 5.41) is 0. The molecule has 1 saturated heterocycles. The monoisotopic (exact) mass is 520 g/mol. The molecule has 182 valence electrons. The van der Waals surface area contributed by atoms with Gasteiger partial charge in [-0.3, -0.25) is 4.90 Å². The molecule has 0 N–H and O–H groups in total. The van der Waals surface area contributed by atoms with Crippen LogP contribution >= 0.6 is 15.9 Å². The van der Waals surface area contributed by atoms with E-state index in [1.807, 2.05) is 6.92 Å². The van der Waals surface area contributed by atoms with E-state index in [1.165, 1.54) is 18.9 Å². The quantitative estimate of drug-likeness (QED) is 0.321. The second-order valence-corrected chi connectivity index (χ2v) is 10.6. The highest BCUT2D eigenvalue weighted by Gasteiger charge is 2.34. The number of rotatable bonds is 9. The summed E-state index contributed by atoms with van der Waals surface area (Å²) in [6, 6.07) is 5.03. The number of likely N-dealkylation sites (tertiary alicyclic amines) is 1. The molecule has 3 rings (SSSR count). The SMILES string of the molecule is CCN(CC(F)(F)F)C1CCC(CCCN2CCC(Cc3cc(F)ccc3Br)CC2)CC1. The molecule has 1 saturated carbocycles. The molecule has 0 atom stereocenters. The lowest BCUT2D eigenvalue weighted by atomic mass is 9.82. The maximum absolute atomic E-state index is 13.5. The summed E-state index contributed by atoms with van der Waals surface area (Å²) < 4.78 is 52.8. The molecule has 0 radical (unpaired) electrons. The summed E-state index contributed by atoms with van der Waals surface area (Å²) in [7, 11) is 0. The van der Waals surface area contributed by atoms with Gasteiger partial charge >= 0.3 is 6.18 Å². The summed E-state index contributed by atoms with van der Waals surface area (Å²) in [6.45, 7) is 4.86. The summed E-state index contributed by atoms with van der Waals surface area (Å²) in [6.07, 6.45) is 5.41. The molecule has 1 heterocycles. The van der Waals surface area contributed by atoms with E-state index < -0.39 is 12.7 Å². The smallest absolute Gasteiger partial charge is 0.303 e. The molecule has 0 aromatic heterocycles. The van der Waals surface area contributed by atoms with E-state index in [9.17, 15) is 17.6 Å². The lowest BCUT2D eigenvalue weighted by Gasteiger charge is -2.37. The molecular weight excluding hydrogens is 484 g/mol. The molecule has 1 aliphatic carbocycles. The Kier molecular flexibility index (Phi) is 9.86. The zero-order valence-electron chi connectivity index (χ0n) is 19.1. The second-order valence-electron chi connectivity index (χ2n) is 9.72. The maximum Gasteiger partial charge on any atom is 0.401 e. The van der Waals surface area contributed by atoms with Crippen molar-refractivity contribution in [2.45, 2.75) is 76.9 Å². The molecule has 0 bridgehead atoms. The van der Waals surface area contributed by atoms with Gasteiger partial charge in [0.2, 0.25) is 0 Å². The molecule has 0 amide bonds. The van der Waals surface area contributed by atoms with Gasteiger partial charge in [0.05, 0.1) is 6.54 Å². The standard InChI is InChI=1S/C25H37BrF4N2/c1-2-32(18-25(28,29)30)23-8-5-19(6-9-23)4-3-13-31-14-11-20(12-15-31)16-21-17-22(27)7-10-24(21)26/h7,10,17,19-20,23H,2-6,8-9,11-16,18H2,1H3. The van der Waals surface area contributed by atoms with Crippen molar-refractivity contribution in [1.29, 1.82) is 0 Å². The molecule has 2 nitrogen and oxygen atoms in total. The number of benzene rings is 1. The van der Waals surface area contributed by atoms with Crippen molar-refractivity contribution >= 4 is 15.9 Å². The van der Waals surface area contributed by atoms with Crippen LogP contribution in [-0.2, 0) is 6.42 Å². The minimum absolute atomic E-state index is 0.0926. The minimum atomic E-state index is -4.10. The van der Waals surface area contributed by atoms with Gasteiger partial charge in [-0.1, -0.05) is 22.9 Å². The first-order valence-corrected chi connectivity index (χ1v) is 13.0. The van der Waals surface area contributed by atoms with Crippen LogP contribution in [0.5, 0.6) is 0 Å². The van der Waals surface area contributed by atoms with Gasteiger partial charge in [-0.15, -0.1) is 0 Å². The van der Waals surface area contributed by atoms with Crippen LogP contribution in [0.4, 0.5) is 17.6 Å². The van der Waals surface area contributed by atoms with Crippen LogP contribution < -0.4 is 0 Å². The van der Waals surface area contributed by atoms with Gasteiger partial charge in [0, 0.05) is 10.5 Å². The minimum Gasteiger partial charge on any atom is -0.303 e. The Bertz CT molecular complexity index is 696. The first-order chi connectivity index (χ1) is 15.2. The Labute approximate surface area is 198 Å². The predicted octanol–water partition coefficient (Wildman–Crippen LogP) is 7.07. The lowest BCUT2D eigenvalue weighted by Crippen LogP contribution is -2.43. The Morgan fingerprint density at radius 2 is 1.72 bits per heavy atom. The van der Waals surface area contributed by atoms with Crippen LogP contribution in [0.2, 0.25) is 0 Å². The average Bonchev–Trinajstić information content (AvgIpc) is 2.76. The highest BCUT2D eigenvalue weighted by Crippen LogP contribution is 2.32. The van der Waals surface area contributed by atoms with E-state index in [2.05, 4.69) is 20.8 Å². The van der Waals surface area contributed by atoms with Gasteiger partial charge in [-0.25, -0.2) is 4.39 Å². The van der Waals surface area contributed by atoms with Gasteiger partial charge in [0.25, 0.3) is 0 Å². The number of hydrogen-bond acceptors (Lipinski definition) is 2. The van der Waals surface area contributed by atoms with Crippen LogP contribution in [-0.4, -0.2) is 54.7 Å². The van der Waals surface area contributed by atoms with Gasteiger partial charge in [0.1, 0.15) is 5.82 Å². The second kappa shape index (κ2) is 12.2. The Morgan fingerprint density at radius 3 is 2.34 bits per heavy atom. The van der Waals surface area contributed by atoms with E-state index in [0.717, 1.165) is 74.6 Å². The molecule has 32 heavy (non-hydrogen) atoms. The van der Waals surface area contributed by atoms with Crippen LogP contribution in [0.3, 0.4) is 0 Å². The maximum atomic E-state index is 13.5. The summed E-state index contributed by atoms with van der Waals surface area (Å²) in [5.74, 6) is 1.11. The third-order valence-electron chi connectivity index (χ3n) is 7.43. The van der Waals surface area contributed by atoms with Gasteiger partial charge in [-0.05, 0) is 120 Å². The molecule has 1 aromatic carbocycles. The average molecular weight is 521 g/mol. The van der Waals surface area contributed by atoms with E-state index in [1.54, 1.807) is 17.0 Å².